The van der Waals surface area contributed by atoms with E-state index in [9.17, 15) is 9.18 Å². The van der Waals surface area contributed by atoms with E-state index in [4.69, 9.17) is 5.11 Å². The largest absolute Gasteiger partial charge is 0.478 e. The van der Waals surface area contributed by atoms with Crippen LogP contribution in [-0.2, 0) is 0 Å². The molecule has 0 atom stereocenters. The van der Waals surface area contributed by atoms with E-state index in [0.717, 1.165) is 17.5 Å². The molecular formula is C13H12FN3O2. The Hall–Kier alpha value is -2.50. The molecule has 1 aromatic heterocycles. The minimum absolute atomic E-state index is 0.347. The van der Waals surface area contributed by atoms with Gasteiger partial charge in [0.25, 0.3) is 0 Å². The van der Waals surface area contributed by atoms with Gasteiger partial charge < -0.3 is 10.4 Å². The van der Waals surface area contributed by atoms with Crippen LogP contribution in [-0.4, -0.2) is 21.0 Å². The Bertz CT molecular complexity index is 624. The maximum absolute atomic E-state index is 13.5. The summed E-state index contributed by atoms with van der Waals surface area (Å²) >= 11 is 0. The quantitative estimate of drug-likeness (QED) is 0.888. The highest BCUT2D eigenvalue weighted by atomic mass is 19.1. The Morgan fingerprint density at radius 1 is 1.21 bits per heavy atom. The van der Waals surface area contributed by atoms with Gasteiger partial charge in [-0.25, -0.2) is 19.2 Å². The zero-order valence-corrected chi connectivity index (χ0v) is 10.4. The van der Waals surface area contributed by atoms with Crippen LogP contribution >= 0.6 is 0 Å². The first-order chi connectivity index (χ1) is 8.95. The van der Waals surface area contributed by atoms with E-state index in [1.807, 2.05) is 19.9 Å². The fourth-order valence-electron chi connectivity index (χ4n) is 1.68. The zero-order chi connectivity index (χ0) is 14.0. The van der Waals surface area contributed by atoms with Gasteiger partial charge in [-0.1, -0.05) is 0 Å². The SMILES string of the molecule is Cc1cc(C)nc(Nc2ccc(C(=O)O)c(F)c2)n1. The molecule has 0 aliphatic rings. The lowest BCUT2D eigenvalue weighted by Gasteiger charge is -2.07. The summed E-state index contributed by atoms with van der Waals surface area (Å²) in [5, 5.41) is 11.6. The van der Waals surface area contributed by atoms with Gasteiger partial charge in [0.15, 0.2) is 0 Å². The third-order valence-corrected chi connectivity index (χ3v) is 2.44. The maximum atomic E-state index is 13.5. The Balaban J connectivity index is 2.28. The van der Waals surface area contributed by atoms with Crippen molar-refractivity contribution in [2.45, 2.75) is 13.8 Å². The molecule has 1 heterocycles. The van der Waals surface area contributed by atoms with Gasteiger partial charge in [0, 0.05) is 17.1 Å². The third-order valence-electron chi connectivity index (χ3n) is 2.44. The molecule has 2 rings (SSSR count). The number of benzene rings is 1. The van der Waals surface area contributed by atoms with Crippen molar-refractivity contribution < 1.29 is 14.3 Å². The molecule has 2 aromatic rings. The summed E-state index contributed by atoms with van der Waals surface area (Å²) in [4.78, 5) is 19.0. The standard InChI is InChI=1S/C13H12FN3O2/c1-7-5-8(2)16-13(15-7)17-9-3-4-10(12(18)19)11(14)6-9/h3-6H,1-2H3,(H,18,19)(H,15,16,17). The first-order valence-corrected chi connectivity index (χ1v) is 5.58. The average molecular weight is 261 g/mol. The van der Waals surface area contributed by atoms with Crippen LogP contribution in [0.4, 0.5) is 16.0 Å². The van der Waals surface area contributed by atoms with Crippen molar-refractivity contribution in [1.82, 2.24) is 9.97 Å². The Morgan fingerprint density at radius 2 is 1.84 bits per heavy atom. The van der Waals surface area contributed by atoms with E-state index in [1.54, 1.807) is 0 Å². The van der Waals surface area contributed by atoms with Crippen molar-refractivity contribution >= 4 is 17.6 Å². The van der Waals surface area contributed by atoms with Crippen LogP contribution in [0.2, 0.25) is 0 Å². The number of hydrogen-bond acceptors (Lipinski definition) is 4. The molecule has 0 aliphatic heterocycles. The summed E-state index contributed by atoms with van der Waals surface area (Å²) in [6.45, 7) is 3.65. The summed E-state index contributed by atoms with van der Waals surface area (Å²) in [6, 6.07) is 5.58. The molecular weight excluding hydrogens is 249 g/mol. The highest BCUT2D eigenvalue weighted by Crippen LogP contribution is 2.18. The third kappa shape index (κ3) is 3.04. The molecule has 0 saturated carbocycles. The van der Waals surface area contributed by atoms with Crippen molar-refractivity contribution in [3.05, 3.63) is 47.0 Å². The van der Waals surface area contributed by atoms with Crippen molar-refractivity contribution in [2.24, 2.45) is 0 Å². The molecule has 0 spiro atoms. The first-order valence-electron chi connectivity index (χ1n) is 5.58. The summed E-state index contributed by atoms with van der Waals surface area (Å²) in [6.07, 6.45) is 0. The lowest BCUT2D eigenvalue weighted by molar-refractivity contribution is 0.0692. The van der Waals surface area contributed by atoms with Gasteiger partial charge in [-0.2, -0.15) is 0 Å². The second-order valence-electron chi connectivity index (χ2n) is 4.10. The normalized spacial score (nSPS) is 10.3. The first kappa shape index (κ1) is 12.9. The smallest absolute Gasteiger partial charge is 0.338 e. The summed E-state index contributed by atoms with van der Waals surface area (Å²) in [5.74, 6) is -1.76. The van der Waals surface area contributed by atoms with Crippen molar-refractivity contribution in [3.63, 3.8) is 0 Å². The minimum atomic E-state index is -1.30. The van der Waals surface area contributed by atoms with Crippen LogP contribution in [0.3, 0.4) is 0 Å². The summed E-state index contributed by atoms with van der Waals surface area (Å²) in [5.41, 5.74) is 1.61. The number of aryl methyl sites for hydroxylation is 2. The van der Waals surface area contributed by atoms with E-state index < -0.39 is 11.8 Å². The van der Waals surface area contributed by atoms with Gasteiger partial charge in [-0.15, -0.1) is 0 Å². The van der Waals surface area contributed by atoms with Crippen molar-refractivity contribution in [2.75, 3.05) is 5.32 Å². The number of aromatic carboxylic acids is 1. The lowest BCUT2D eigenvalue weighted by atomic mass is 10.2. The Morgan fingerprint density at radius 3 is 2.37 bits per heavy atom. The number of aromatic nitrogens is 2. The van der Waals surface area contributed by atoms with Crippen LogP contribution in [0.5, 0.6) is 0 Å². The molecule has 1 aromatic carbocycles. The predicted molar refractivity (Wildman–Crippen MR) is 68.1 cm³/mol. The Kier molecular flexibility index (Phi) is 3.41. The number of halogens is 1. The van der Waals surface area contributed by atoms with Crippen LogP contribution in [0, 0.1) is 19.7 Å². The van der Waals surface area contributed by atoms with Crippen LogP contribution in [0.25, 0.3) is 0 Å². The minimum Gasteiger partial charge on any atom is -0.478 e. The molecule has 0 fully saturated rings. The van der Waals surface area contributed by atoms with Gasteiger partial charge in [0.05, 0.1) is 5.56 Å². The number of nitrogens with one attached hydrogen (secondary N) is 1. The number of hydrogen-bond donors (Lipinski definition) is 2. The van der Waals surface area contributed by atoms with Gasteiger partial charge in [0.2, 0.25) is 5.95 Å². The molecule has 0 aliphatic carbocycles. The highest BCUT2D eigenvalue weighted by molar-refractivity contribution is 5.88. The highest BCUT2D eigenvalue weighted by Gasteiger charge is 2.10. The van der Waals surface area contributed by atoms with Crippen molar-refractivity contribution in [1.29, 1.82) is 0 Å². The van der Waals surface area contributed by atoms with E-state index in [2.05, 4.69) is 15.3 Å². The van der Waals surface area contributed by atoms with E-state index in [-0.39, 0.29) is 5.56 Å². The van der Waals surface area contributed by atoms with Gasteiger partial charge in [-0.05, 0) is 38.1 Å². The number of nitrogens with zero attached hydrogens (tertiary/aromatic N) is 2. The van der Waals surface area contributed by atoms with Crippen LogP contribution < -0.4 is 5.32 Å². The number of rotatable bonds is 3. The van der Waals surface area contributed by atoms with Crippen LogP contribution in [0.15, 0.2) is 24.3 Å². The number of carbonyl (C=O) groups is 1. The summed E-state index contributed by atoms with van der Waals surface area (Å²) < 4.78 is 13.5. The molecule has 98 valence electrons. The second kappa shape index (κ2) is 5.01. The zero-order valence-electron chi connectivity index (χ0n) is 10.4. The number of carboxylic acid groups (broad SMARTS) is 1. The number of anilines is 2. The molecule has 19 heavy (non-hydrogen) atoms. The lowest BCUT2D eigenvalue weighted by Crippen LogP contribution is -2.03. The molecule has 0 saturated heterocycles. The molecule has 6 heteroatoms. The molecule has 2 N–H and O–H groups in total. The molecule has 0 bridgehead atoms. The Labute approximate surface area is 109 Å². The number of carboxylic acids is 1. The molecule has 5 nitrogen and oxygen atoms in total. The van der Waals surface area contributed by atoms with E-state index in [1.165, 1.54) is 12.1 Å². The fourth-order valence-corrected chi connectivity index (χ4v) is 1.68. The average Bonchev–Trinajstić information content (AvgIpc) is 2.26. The molecule has 0 unspecified atom stereocenters. The van der Waals surface area contributed by atoms with Gasteiger partial charge >= 0.3 is 5.97 Å². The second-order valence-corrected chi connectivity index (χ2v) is 4.10. The summed E-state index contributed by atoms with van der Waals surface area (Å²) in [7, 11) is 0. The fraction of sp³-hybridized carbons (Fsp3) is 0.154. The molecule has 0 amide bonds. The maximum Gasteiger partial charge on any atom is 0.338 e. The van der Waals surface area contributed by atoms with Crippen LogP contribution in [0.1, 0.15) is 21.7 Å². The van der Waals surface area contributed by atoms with Gasteiger partial charge in [0.1, 0.15) is 5.82 Å². The van der Waals surface area contributed by atoms with Gasteiger partial charge in [-0.3, -0.25) is 0 Å². The van der Waals surface area contributed by atoms with Crippen molar-refractivity contribution in [3.8, 4) is 0 Å². The topological polar surface area (TPSA) is 75.1 Å². The van der Waals surface area contributed by atoms with E-state index in [0.29, 0.717) is 11.6 Å². The molecule has 0 radical (unpaired) electrons. The van der Waals surface area contributed by atoms with E-state index >= 15 is 0 Å². The monoisotopic (exact) mass is 261 g/mol. The predicted octanol–water partition coefficient (Wildman–Crippen LogP) is 2.67.